The first-order chi connectivity index (χ1) is 17.5. The number of rotatable bonds is 9. The van der Waals surface area contributed by atoms with Crippen LogP contribution in [-0.4, -0.2) is 45.4 Å². The van der Waals surface area contributed by atoms with E-state index in [2.05, 4.69) is 15.8 Å². The Morgan fingerprint density at radius 3 is 2.27 bits per heavy atom. The van der Waals surface area contributed by atoms with Gasteiger partial charge in [-0.2, -0.15) is 5.10 Å². The molecule has 0 heterocycles. The number of methoxy groups -OCH3 is 1. The van der Waals surface area contributed by atoms with Crippen LogP contribution < -0.4 is 19.8 Å². The number of hydrazone groups is 1. The Labute approximate surface area is 221 Å². The van der Waals surface area contributed by atoms with Crippen LogP contribution >= 0.6 is 11.6 Å². The Balaban J connectivity index is 1.73. The summed E-state index contributed by atoms with van der Waals surface area (Å²) < 4.78 is 31.1. The number of nitrogens with zero attached hydrogens (tertiary/aromatic N) is 2. The molecule has 11 heteroatoms. The van der Waals surface area contributed by atoms with Gasteiger partial charge >= 0.3 is 0 Å². The van der Waals surface area contributed by atoms with Crippen molar-refractivity contribution >= 4 is 50.5 Å². The molecule has 3 rings (SSSR count). The number of anilines is 2. The second-order valence-corrected chi connectivity index (χ2v) is 10.4. The van der Waals surface area contributed by atoms with E-state index in [1.807, 2.05) is 0 Å². The third-order valence-corrected chi connectivity index (χ3v) is 6.85. The minimum absolute atomic E-state index is 0.315. The lowest BCUT2D eigenvalue weighted by atomic mass is 10.1. The number of hydrogen-bond acceptors (Lipinski definition) is 6. The number of ether oxygens (including phenoxy) is 1. The topological polar surface area (TPSA) is 117 Å². The lowest BCUT2D eigenvalue weighted by Gasteiger charge is -2.27. The Morgan fingerprint density at radius 1 is 1.00 bits per heavy atom. The highest BCUT2D eigenvalue weighted by molar-refractivity contribution is 7.92. The molecule has 0 radical (unpaired) electrons. The van der Waals surface area contributed by atoms with Gasteiger partial charge in [0.05, 0.1) is 24.8 Å². The molecule has 9 nitrogen and oxygen atoms in total. The van der Waals surface area contributed by atoms with Gasteiger partial charge in [-0.05, 0) is 74.0 Å². The molecule has 0 saturated heterocycles. The molecule has 3 aromatic rings. The Hall–Kier alpha value is -3.89. The molecule has 0 aromatic heterocycles. The summed E-state index contributed by atoms with van der Waals surface area (Å²) in [6, 6.07) is 18.8. The van der Waals surface area contributed by atoms with Gasteiger partial charge in [-0.1, -0.05) is 29.8 Å². The number of sulfonamides is 1. The van der Waals surface area contributed by atoms with Crippen LogP contribution in [0.15, 0.2) is 77.9 Å². The normalized spacial score (nSPS) is 12.4. The van der Waals surface area contributed by atoms with Gasteiger partial charge in [0.25, 0.3) is 11.8 Å². The number of amides is 2. The van der Waals surface area contributed by atoms with Gasteiger partial charge in [0.2, 0.25) is 10.0 Å². The number of nitrogens with one attached hydrogen (secondary N) is 2. The van der Waals surface area contributed by atoms with Crippen molar-refractivity contribution in [3.05, 3.63) is 88.9 Å². The third-order valence-electron chi connectivity index (χ3n) is 5.37. The van der Waals surface area contributed by atoms with Gasteiger partial charge in [-0.3, -0.25) is 13.9 Å². The minimum atomic E-state index is -3.78. The summed E-state index contributed by atoms with van der Waals surface area (Å²) in [6.07, 6.45) is 1.03. The number of carbonyl (C=O) groups excluding carboxylic acids is 2. The van der Waals surface area contributed by atoms with E-state index >= 15 is 0 Å². The van der Waals surface area contributed by atoms with E-state index in [9.17, 15) is 18.0 Å². The maximum absolute atomic E-state index is 12.8. The van der Waals surface area contributed by atoms with Crippen LogP contribution in [0.4, 0.5) is 11.4 Å². The second-order valence-electron chi connectivity index (χ2n) is 8.15. The van der Waals surface area contributed by atoms with Crippen molar-refractivity contribution < 1.29 is 22.7 Å². The largest absolute Gasteiger partial charge is 0.497 e. The Morgan fingerprint density at radius 2 is 1.65 bits per heavy atom. The molecule has 0 saturated carbocycles. The van der Waals surface area contributed by atoms with Crippen molar-refractivity contribution in [2.24, 2.45) is 5.10 Å². The fraction of sp³-hybridized carbons (Fsp3) is 0.192. The van der Waals surface area contributed by atoms with Crippen LogP contribution in [-0.2, 0) is 14.8 Å². The first kappa shape index (κ1) is 27.7. The molecule has 194 valence electrons. The zero-order valence-corrected chi connectivity index (χ0v) is 22.3. The van der Waals surface area contributed by atoms with Crippen molar-refractivity contribution in [2.75, 3.05) is 23.0 Å². The zero-order chi connectivity index (χ0) is 27.2. The minimum Gasteiger partial charge on any atom is -0.497 e. The lowest BCUT2D eigenvalue weighted by Crippen LogP contribution is -2.46. The molecule has 1 atom stereocenters. The average molecular weight is 543 g/mol. The average Bonchev–Trinajstić information content (AvgIpc) is 2.86. The highest BCUT2D eigenvalue weighted by Gasteiger charge is 2.29. The van der Waals surface area contributed by atoms with E-state index in [-0.39, 0.29) is 5.91 Å². The van der Waals surface area contributed by atoms with Crippen LogP contribution in [0.25, 0.3) is 0 Å². The molecule has 3 aromatic carbocycles. The molecule has 0 spiro atoms. The smallest absolute Gasteiger partial charge is 0.263 e. The summed E-state index contributed by atoms with van der Waals surface area (Å²) in [5, 5.41) is 7.39. The summed E-state index contributed by atoms with van der Waals surface area (Å²) >= 11 is 5.96. The summed E-state index contributed by atoms with van der Waals surface area (Å²) in [7, 11) is -2.28. The predicted molar refractivity (Wildman–Crippen MR) is 146 cm³/mol. The van der Waals surface area contributed by atoms with Gasteiger partial charge < -0.3 is 10.1 Å². The van der Waals surface area contributed by atoms with Crippen molar-refractivity contribution in [3.63, 3.8) is 0 Å². The number of halogens is 1. The maximum Gasteiger partial charge on any atom is 0.263 e. The van der Waals surface area contributed by atoms with Gasteiger partial charge in [-0.15, -0.1) is 0 Å². The summed E-state index contributed by atoms with van der Waals surface area (Å²) in [5.74, 6) is -0.387. The fourth-order valence-electron chi connectivity index (χ4n) is 3.49. The van der Waals surface area contributed by atoms with Gasteiger partial charge in [0.15, 0.2) is 0 Å². The molecule has 0 fully saturated rings. The number of carbonyl (C=O) groups is 2. The standard InChI is InChI=1S/C26H27ClN4O5S/c1-17(19-7-6-10-22(16-19)28-26(33)20-8-5-9-21(27)15-20)29-30-25(32)18(2)31(37(4,34)35)23-11-13-24(36-3)14-12-23/h5-16,18H,1-4H3,(H,28,33)(H,30,32)/b29-17-/t18-/m1/s1. The summed E-state index contributed by atoms with van der Waals surface area (Å²) in [5.41, 5.74) is 4.79. The van der Waals surface area contributed by atoms with Crippen LogP contribution in [0.5, 0.6) is 5.75 Å². The van der Waals surface area contributed by atoms with E-state index in [1.54, 1.807) is 79.7 Å². The monoisotopic (exact) mass is 542 g/mol. The van der Waals surface area contributed by atoms with E-state index in [4.69, 9.17) is 16.3 Å². The second kappa shape index (κ2) is 11.9. The van der Waals surface area contributed by atoms with Crippen molar-refractivity contribution in [3.8, 4) is 5.75 Å². The lowest BCUT2D eigenvalue weighted by molar-refractivity contribution is -0.121. The van der Waals surface area contributed by atoms with E-state index in [0.717, 1.165) is 10.6 Å². The molecule has 0 aliphatic heterocycles. The summed E-state index contributed by atoms with van der Waals surface area (Å²) in [6.45, 7) is 3.15. The highest BCUT2D eigenvalue weighted by atomic mass is 35.5. The molecule has 0 bridgehead atoms. The van der Waals surface area contributed by atoms with Crippen LogP contribution in [0, 0.1) is 0 Å². The molecule has 2 N–H and O–H groups in total. The molecule has 0 aliphatic rings. The molecule has 0 unspecified atom stereocenters. The highest BCUT2D eigenvalue weighted by Crippen LogP contribution is 2.24. The maximum atomic E-state index is 12.8. The van der Waals surface area contributed by atoms with Gasteiger partial charge in [-0.25, -0.2) is 13.8 Å². The molecule has 2 amide bonds. The zero-order valence-electron chi connectivity index (χ0n) is 20.7. The van der Waals surface area contributed by atoms with Crippen LogP contribution in [0.3, 0.4) is 0 Å². The van der Waals surface area contributed by atoms with E-state index in [1.165, 1.54) is 14.0 Å². The van der Waals surface area contributed by atoms with Crippen LogP contribution in [0.1, 0.15) is 29.8 Å². The van der Waals surface area contributed by atoms with E-state index in [0.29, 0.717) is 39.0 Å². The van der Waals surface area contributed by atoms with Gasteiger partial charge in [0.1, 0.15) is 11.8 Å². The molecule has 37 heavy (non-hydrogen) atoms. The van der Waals surface area contributed by atoms with E-state index < -0.39 is 22.0 Å². The first-order valence-electron chi connectivity index (χ1n) is 11.1. The fourth-order valence-corrected chi connectivity index (χ4v) is 4.85. The van der Waals surface area contributed by atoms with Gasteiger partial charge in [0, 0.05) is 16.3 Å². The molecular weight excluding hydrogens is 516 g/mol. The van der Waals surface area contributed by atoms with Crippen molar-refractivity contribution in [1.82, 2.24) is 5.43 Å². The number of benzene rings is 3. The van der Waals surface area contributed by atoms with Crippen molar-refractivity contribution in [1.29, 1.82) is 0 Å². The number of hydrogen-bond donors (Lipinski definition) is 2. The Bertz CT molecular complexity index is 1420. The quantitative estimate of drug-likeness (QED) is 0.309. The SMILES string of the molecule is COc1ccc(N([C@H](C)C(=O)N/N=C(/C)c2cccc(NC(=O)c3cccc(Cl)c3)c2)S(C)(=O)=O)cc1. The third kappa shape index (κ3) is 7.31. The van der Waals surface area contributed by atoms with Crippen LogP contribution in [0.2, 0.25) is 5.02 Å². The predicted octanol–water partition coefficient (Wildman–Crippen LogP) is 4.30. The molecule has 0 aliphatic carbocycles. The molecular formula is C26H27ClN4O5S. The van der Waals surface area contributed by atoms with Crippen molar-refractivity contribution in [2.45, 2.75) is 19.9 Å². The first-order valence-corrected chi connectivity index (χ1v) is 13.4. The Kier molecular flexibility index (Phi) is 8.90. The summed E-state index contributed by atoms with van der Waals surface area (Å²) in [4.78, 5) is 25.4.